The third-order valence-electron chi connectivity index (χ3n) is 6.89. The van der Waals surface area contributed by atoms with Gasteiger partial charge in [0.25, 0.3) is 0 Å². The van der Waals surface area contributed by atoms with Gasteiger partial charge in [-0.3, -0.25) is 9.69 Å². The molecule has 3 heterocycles. The number of nitrogens with zero attached hydrogens (tertiary/aromatic N) is 4. The monoisotopic (exact) mass is 432 g/mol. The van der Waals surface area contributed by atoms with Crippen molar-refractivity contribution in [3.8, 4) is 5.75 Å². The smallest absolute Gasteiger partial charge is 0.236 e. The minimum absolute atomic E-state index is 0.184. The highest BCUT2D eigenvalue weighted by atomic mass is 16.5. The molecule has 2 aliphatic heterocycles. The number of carbonyl (C=O) groups is 1. The van der Waals surface area contributed by atoms with Crippen molar-refractivity contribution >= 4 is 5.91 Å². The zero-order chi connectivity index (χ0) is 22.1. The van der Waals surface area contributed by atoms with E-state index in [9.17, 15) is 9.90 Å². The van der Waals surface area contributed by atoms with Crippen LogP contribution in [0.1, 0.15) is 49.8 Å². The summed E-state index contributed by atoms with van der Waals surface area (Å²) in [6, 6.07) is 0. The van der Waals surface area contributed by atoms with Crippen molar-refractivity contribution < 1.29 is 19.4 Å². The molecular weight excluding hydrogens is 396 g/mol. The third kappa shape index (κ3) is 5.02. The summed E-state index contributed by atoms with van der Waals surface area (Å²) >= 11 is 0. The van der Waals surface area contributed by atoms with Crippen LogP contribution >= 0.6 is 0 Å². The van der Waals surface area contributed by atoms with Gasteiger partial charge in [-0.1, -0.05) is 13.8 Å². The van der Waals surface area contributed by atoms with Gasteiger partial charge < -0.3 is 19.5 Å². The number of aromatic nitrogens is 2. The SMILES string of the molecule is Cc1nc(C(C)C)nc(C)c1O[C@@H]1C[C@@H]2CN(CC(=O)N3CCOCC3)C[C@@H]2C[C@H]1O. The lowest BCUT2D eigenvalue weighted by Gasteiger charge is -2.35. The zero-order valence-electron chi connectivity index (χ0n) is 19.2. The summed E-state index contributed by atoms with van der Waals surface area (Å²) < 4.78 is 11.6. The lowest BCUT2D eigenvalue weighted by molar-refractivity contribution is -0.136. The molecule has 0 aromatic carbocycles. The van der Waals surface area contributed by atoms with E-state index in [1.807, 2.05) is 18.7 Å². The van der Waals surface area contributed by atoms with Gasteiger partial charge in [-0.15, -0.1) is 0 Å². The van der Waals surface area contributed by atoms with Crippen molar-refractivity contribution in [2.75, 3.05) is 45.9 Å². The van der Waals surface area contributed by atoms with Gasteiger partial charge >= 0.3 is 0 Å². The first-order valence-corrected chi connectivity index (χ1v) is 11.6. The van der Waals surface area contributed by atoms with Crippen LogP contribution in [-0.4, -0.2) is 88.9 Å². The molecule has 31 heavy (non-hydrogen) atoms. The maximum atomic E-state index is 12.6. The molecule has 1 saturated carbocycles. The van der Waals surface area contributed by atoms with E-state index in [4.69, 9.17) is 9.47 Å². The summed E-state index contributed by atoms with van der Waals surface area (Å²) in [6.07, 6.45) is 0.723. The predicted molar refractivity (Wildman–Crippen MR) is 116 cm³/mol. The van der Waals surface area contributed by atoms with Gasteiger partial charge in [0.1, 0.15) is 11.9 Å². The lowest BCUT2D eigenvalue weighted by atomic mass is 9.78. The van der Waals surface area contributed by atoms with E-state index in [1.54, 1.807) is 0 Å². The van der Waals surface area contributed by atoms with Gasteiger partial charge in [-0.2, -0.15) is 0 Å². The first-order chi connectivity index (χ1) is 14.8. The second-order valence-corrected chi connectivity index (χ2v) is 9.64. The topological polar surface area (TPSA) is 88.0 Å². The summed E-state index contributed by atoms with van der Waals surface area (Å²) in [5.41, 5.74) is 1.66. The van der Waals surface area contributed by atoms with Crippen LogP contribution in [0.25, 0.3) is 0 Å². The molecule has 3 fully saturated rings. The standard InChI is InChI=1S/C23H36N4O4/c1-14(2)23-24-15(3)22(16(4)25-23)31-20-10-18-12-26(11-17(18)9-19(20)28)13-21(29)27-5-7-30-8-6-27/h14,17-20,28H,5-13H2,1-4H3/t17-,18+,19+,20+/m0/s1. The molecule has 1 amide bonds. The van der Waals surface area contributed by atoms with Crippen molar-refractivity contribution in [3.05, 3.63) is 17.2 Å². The van der Waals surface area contributed by atoms with Gasteiger partial charge in [0.15, 0.2) is 5.75 Å². The van der Waals surface area contributed by atoms with Crippen molar-refractivity contribution in [3.63, 3.8) is 0 Å². The molecule has 1 N–H and O–H groups in total. The van der Waals surface area contributed by atoms with Gasteiger partial charge in [-0.25, -0.2) is 9.97 Å². The van der Waals surface area contributed by atoms with Crippen LogP contribution in [0.15, 0.2) is 0 Å². The van der Waals surface area contributed by atoms with Crippen LogP contribution in [-0.2, 0) is 9.53 Å². The molecule has 0 bridgehead atoms. The van der Waals surface area contributed by atoms with E-state index < -0.39 is 6.10 Å². The Bertz CT molecular complexity index is 773. The molecule has 172 valence electrons. The summed E-state index contributed by atoms with van der Waals surface area (Å²) in [6.45, 7) is 12.9. The molecule has 1 aromatic rings. The number of carbonyl (C=O) groups excluding carboxylic acids is 1. The fourth-order valence-electron chi connectivity index (χ4n) is 5.16. The number of aliphatic hydroxyl groups is 1. The van der Waals surface area contributed by atoms with Crippen LogP contribution in [0.2, 0.25) is 0 Å². The Morgan fingerprint density at radius 2 is 1.74 bits per heavy atom. The summed E-state index contributed by atoms with van der Waals surface area (Å²) in [5, 5.41) is 10.8. The average Bonchev–Trinajstić information content (AvgIpc) is 3.11. The largest absolute Gasteiger partial charge is 0.484 e. The van der Waals surface area contributed by atoms with Crippen LogP contribution in [0.4, 0.5) is 0 Å². The number of hydrogen-bond donors (Lipinski definition) is 1. The van der Waals surface area contributed by atoms with Gasteiger partial charge in [0.05, 0.1) is 37.3 Å². The quantitative estimate of drug-likeness (QED) is 0.755. The minimum atomic E-state index is -0.514. The molecule has 8 nitrogen and oxygen atoms in total. The van der Waals surface area contributed by atoms with E-state index in [1.165, 1.54) is 0 Å². The number of likely N-dealkylation sites (tertiary alicyclic amines) is 1. The molecule has 0 unspecified atom stereocenters. The Labute approximate surface area is 184 Å². The fourth-order valence-corrected chi connectivity index (χ4v) is 5.16. The Balaban J connectivity index is 1.37. The van der Waals surface area contributed by atoms with Gasteiger partial charge in [0, 0.05) is 32.1 Å². The molecular formula is C23H36N4O4. The Morgan fingerprint density at radius 3 is 2.35 bits per heavy atom. The highest BCUT2D eigenvalue weighted by Crippen LogP contribution is 2.38. The first kappa shape index (κ1) is 22.4. The van der Waals surface area contributed by atoms with Crippen molar-refractivity contribution in [1.29, 1.82) is 0 Å². The highest BCUT2D eigenvalue weighted by molar-refractivity contribution is 5.78. The van der Waals surface area contributed by atoms with Crippen molar-refractivity contribution in [1.82, 2.24) is 19.8 Å². The van der Waals surface area contributed by atoms with E-state index in [2.05, 4.69) is 28.7 Å². The van der Waals surface area contributed by atoms with Crippen LogP contribution in [0, 0.1) is 25.7 Å². The number of aliphatic hydroxyl groups excluding tert-OH is 1. The molecule has 0 radical (unpaired) electrons. The maximum absolute atomic E-state index is 12.6. The summed E-state index contributed by atoms with van der Waals surface area (Å²) in [4.78, 5) is 26.0. The minimum Gasteiger partial charge on any atom is -0.484 e. The number of fused-ring (bicyclic) bond motifs is 1. The number of rotatable bonds is 5. The highest BCUT2D eigenvalue weighted by Gasteiger charge is 2.43. The zero-order valence-corrected chi connectivity index (χ0v) is 19.2. The van der Waals surface area contributed by atoms with Crippen molar-refractivity contribution in [2.45, 2.75) is 58.7 Å². The summed E-state index contributed by atoms with van der Waals surface area (Å²) in [5.74, 6) is 2.81. The molecule has 8 heteroatoms. The molecule has 4 rings (SSSR count). The van der Waals surface area contributed by atoms with Crippen LogP contribution < -0.4 is 4.74 Å². The molecule has 2 saturated heterocycles. The predicted octanol–water partition coefficient (Wildman–Crippen LogP) is 1.53. The second-order valence-electron chi connectivity index (χ2n) is 9.64. The van der Waals surface area contributed by atoms with Gasteiger partial charge in [0.2, 0.25) is 5.91 Å². The normalized spacial score (nSPS) is 29.3. The Kier molecular flexibility index (Phi) is 6.79. The van der Waals surface area contributed by atoms with E-state index in [-0.39, 0.29) is 17.9 Å². The fraction of sp³-hybridized carbons (Fsp3) is 0.783. The Morgan fingerprint density at radius 1 is 1.13 bits per heavy atom. The number of amides is 1. The average molecular weight is 433 g/mol. The number of aryl methyl sites for hydroxylation is 2. The maximum Gasteiger partial charge on any atom is 0.236 e. The van der Waals surface area contributed by atoms with Gasteiger partial charge in [-0.05, 0) is 38.5 Å². The first-order valence-electron chi connectivity index (χ1n) is 11.6. The Hall–Kier alpha value is -1.77. The number of hydrogen-bond acceptors (Lipinski definition) is 7. The van der Waals surface area contributed by atoms with Crippen LogP contribution in [0.3, 0.4) is 0 Å². The molecule has 3 aliphatic rings. The molecule has 1 aromatic heterocycles. The van der Waals surface area contributed by atoms with Crippen molar-refractivity contribution in [2.24, 2.45) is 11.8 Å². The number of morpholine rings is 1. The summed E-state index contributed by atoms with van der Waals surface area (Å²) in [7, 11) is 0. The number of ether oxygens (including phenoxy) is 2. The molecule has 4 atom stereocenters. The van der Waals surface area contributed by atoms with Crippen LogP contribution in [0.5, 0.6) is 5.75 Å². The molecule has 1 aliphatic carbocycles. The third-order valence-corrected chi connectivity index (χ3v) is 6.89. The van der Waals surface area contributed by atoms with E-state index in [0.717, 1.165) is 36.7 Å². The lowest BCUT2D eigenvalue weighted by Crippen LogP contribution is -2.45. The molecule has 0 spiro atoms. The van der Waals surface area contributed by atoms with E-state index in [0.29, 0.717) is 56.9 Å². The second kappa shape index (κ2) is 9.38. The van der Waals surface area contributed by atoms with E-state index >= 15 is 0 Å².